The van der Waals surface area contributed by atoms with Crippen molar-refractivity contribution in [1.29, 1.82) is 0 Å². The maximum Gasteiger partial charge on any atom is 0.0719 e. The molecule has 18 aromatic rings. The van der Waals surface area contributed by atoms with Gasteiger partial charge < -0.3 is 9.80 Å². The Morgan fingerprint density at radius 1 is 0.186 bits per heavy atom. The van der Waals surface area contributed by atoms with Crippen LogP contribution in [0.15, 0.2) is 443 Å². The summed E-state index contributed by atoms with van der Waals surface area (Å²) in [5.41, 5.74) is 41.3. The van der Waals surface area contributed by atoms with E-state index in [1.807, 2.05) is 0 Å². The summed E-state index contributed by atoms with van der Waals surface area (Å²) in [5.74, 6) is 0. The minimum Gasteiger partial charge on any atom is -0.310 e. The van der Waals surface area contributed by atoms with E-state index >= 15 is 0 Å². The summed E-state index contributed by atoms with van der Waals surface area (Å²) in [6.07, 6.45) is 0.774. The van der Waals surface area contributed by atoms with Crippen molar-refractivity contribution in [2.45, 2.75) is 48.9 Å². The van der Waals surface area contributed by atoms with E-state index in [4.69, 9.17) is 0 Å². The van der Waals surface area contributed by atoms with E-state index in [1.54, 1.807) is 0 Å². The second-order valence-electron chi connectivity index (χ2n) is 33.1. The van der Waals surface area contributed by atoms with Gasteiger partial charge in [0.2, 0.25) is 0 Å². The van der Waals surface area contributed by atoms with Crippen molar-refractivity contribution in [2.75, 3.05) is 9.80 Å². The predicted octanol–water partition coefficient (Wildman–Crippen LogP) is 29.9. The van der Waals surface area contributed by atoms with Crippen LogP contribution < -0.4 is 9.80 Å². The van der Waals surface area contributed by atoms with Gasteiger partial charge in [-0.1, -0.05) is 379 Å². The highest BCUT2D eigenvalue weighted by molar-refractivity contribution is 5.96. The van der Waals surface area contributed by atoms with Gasteiger partial charge in [0.25, 0.3) is 0 Å². The van der Waals surface area contributed by atoms with E-state index in [2.05, 4.69) is 473 Å². The molecular formula is C116H84N2. The minimum atomic E-state index is -0.633. The Kier molecular flexibility index (Phi) is 16.6. The second-order valence-corrected chi connectivity index (χ2v) is 33.1. The molecule has 0 N–H and O–H groups in total. The van der Waals surface area contributed by atoms with Gasteiger partial charge in [-0.05, 0) is 247 Å². The first-order chi connectivity index (χ1) is 58.1. The maximum atomic E-state index is 2.55. The Hall–Kier alpha value is -14.4. The average molecular weight is 1510 g/mol. The van der Waals surface area contributed by atoms with Gasteiger partial charge in [0.1, 0.15) is 0 Å². The molecule has 558 valence electrons. The summed E-state index contributed by atoms with van der Waals surface area (Å²) >= 11 is 0. The van der Waals surface area contributed by atoms with Gasteiger partial charge in [-0.15, -0.1) is 0 Å². The third kappa shape index (κ3) is 10.9. The maximum absolute atomic E-state index is 2.55. The number of rotatable bonds is 14. The fourth-order valence-electron chi connectivity index (χ4n) is 21.2. The molecule has 0 bridgehead atoms. The van der Waals surface area contributed by atoms with E-state index in [0.29, 0.717) is 0 Å². The highest BCUT2D eigenvalue weighted by Gasteiger charge is 2.57. The number of hydrogen-bond acceptors (Lipinski definition) is 2. The standard InChI is InChI=1S/C116H84N2/c1-113(2)101-51-23-26-54-104(101)115(107-70-65-87(76-110(107)113)82-62-67-92(68-63-82)118(91-43-17-8-18-44-91)111-71-66-86(79-34-11-5-12-35-79)74-98(111)83-36-13-6-14-37-83)100-50-22-20-48-97(100)112-89(40-31-57-108(112)115)77-114(3)102-52-24-27-55-105(102)116(106-56-28-25-53-103(106)114)99-49-21-19-47-95(99)96-69-64-88(75-109(96)116)85-39-30-46-94(73-85)117(90-41-15-7-16-42-90)93-45-29-38-84(72-93)81-60-58-80(59-61-81)78-32-9-4-10-33-78/h4-76H,77H2,1-3H3. The first kappa shape index (κ1) is 70.2. The third-order valence-electron chi connectivity index (χ3n) is 26.5. The van der Waals surface area contributed by atoms with Crippen molar-refractivity contribution in [1.82, 2.24) is 0 Å². The molecule has 18 aromatic carbocycles. The van der Waals surface area contributed by atoms with Crippen molar-refractivity contribution < 1.29 is 0 Å². The van der Waals surface area contributed by atoms with Crippen LogP contribution in [0.25, 0.3) is 89.0 Å². The summed E-state index contributed by atoms with van der Waals surface area (Å²) in [7, 11) is 0. The van der Waals surface area contributed by atoms with Crippen LogP contribution in [-0.2, 0) is 28.1 Å². The Morgan fingerprint density at radius 2 is 0.525 bits per heavy atom. The molecule has 118 heavy (non-hydrogen) atoms. The van der Waals surface area contributed by atoms with Gasteiger partial charge in [0, 0.05) is 44.8 Å². The van der Waals surface area contributed by atoms with Gasteiger partial charge in [-0.3, -0.25) is 0 Å². The lowest BCUT2D eigenvalue weighted by Crippen LogP contribution is -2.43. The Labute approximate surface area is 692 Å². The molecule has 0 aliphatic heterocycles. The molecule has 0 saturated heterocycles. The van der Waals surface area contributed by atoms with E-state index in [1.165, 1.54) is 150 Å². The Balaban J connectivity index is 0.643. The first-order valence-corrected chi connectivity index (χ1v) is 41.5. The van der Waals surface area contributed by atoms with Crippen molar-refractivity contribution in [3.8, 4) is 89.0 Å². The van der Waals surface area contributed by atoms with Crippen LogP contribution in [-0.4, -0.2) is 0 Å². The highest BCUT2D eigenvalue weighted by Crippen LogP contribution is 2.66. The SMILES string of the molecule is CC1(C)c2ccccc2C2(c3ccccc3-c3c(CC4(C)c5ccccc5C5(c6ccccc6-c6ccc(-c7cccc(N(c8ccccc8)c8cccc(-c9ccc(-c%10ccccc%10)cc9)c8)c7)cc65)c5ccccc54)cccc32)c2ccc(-c3ccc(N(c4ccccc4)c4ccc(-c5ccccc5)cc4-c4ccccc4)cc3)cc21. The van der Waals surface area contributed by atoms with Crippen LogP contribution in [0.2, 0.25) is 0 Å². The van der Waals surface area contributed by atoms with Crippen molar-refractivity contribution in [2.24, 2.45) is 0 Å². The van der Waals surface area contributed by atoms with E-state index < -0.39 is 16.2 Å². The van der Waals surface area contributed by atoms with E-state index in [-0.39, 0.29) is 5.41 Å². The van der Waals surface area contributed by atoms with Crippen LogP contribution in [0.4, 0.5) is 34.1 Å². The van der Waals surface area contributed by atoms with Crippen molar-refractivity contribution in [3.63, 3.8) is 0 Å². The zero-order valence-corrected chi connectivity index (χ0v) is 66.2. The van der Waals surface area contributed by atoms with Gasteiger partial charge >= 0.3 is 0 Å². The highest BCUT2D eigenvalue weighted by atomic mass is 15.1. The summed E-state index contributed by atoms with van der Waals surface area (Å²) in [4.78, 5) is 4.82. The van der Waals surface area contributed by atoms with Crippen LogP contribution in [0.1, 0.15) is 93.1 Å². The number of para-hydroxylation sites is 2. The molecule has 4 aliphatic carbocycles. The molecule has 0 fully saturated rings. The largest absolute Gasteiger partial charge is 0.310 e. The van der Waals surface area contributed by atoms with Gasteiger partial charge in [-0.2, -0.15) is 0 Å². The summed E-state index contributed by atoms with van der Waals surface area (Å²) < 4.78 is 0. The van der Waals surface area contributed by atoms with Crippen LogP contribution in [0, 0.1) is 0 Å². The normalized spacial score (nSPS) is 15.7. The van der Waals surface area contributed by atoms with Crippen molar-refractivity contribution >= 4 is 34.1 Å². The lowest BCUT2D eigenvalue weighted by atomic mass is 9.53. The molecule has 4 aliphatic rings. The van der Waals surface area contributed by atoms with Crippen LogP contribution in [0.3, 0.4) is 0 Å². The Bertz CT molecular complexity index is 6870. The molecule has 0 heterocycles. The zero-order chi connectivity index (χ0) is 78.7. The number of benzene rings is 18. The first-order valence-electron chi connectivity index (χ1n) is 41.5. The zero-order valence-electron chi connectivity index (χ0n) is 66.2. The molecular weight excluding hydrogens is 1420 g/mol. The lowest BCUT2D eigenvalue weighted by Gasteiger charge is -2.48. The average Bonchev–Trinajstić information content (AvgIpc) is 1.46. The van der Waals surface area contributed by atoms with Crippen molar-refractivity contribution in [3.05, 3.63) is 515 Å². The van der Waals surface area contributed by atoms with Gasteiger partial charge in [0.15, 0.2) is 0 Å². The molecule has 0 saturated carbocycles. The number of fused-ring (bicyclic) bond motifs is 18. The molecule has 0 aromatic heterocycles. The fraction of sp³-hybridized carbons (Fsp3) is 0.0690. The minimum absolute atomic E-state index is 0.345. The monoisotopic (exact) mass is 1500 g/mol. The summed E-state index contributed by atoms with van der Waals surface area (Å²) in [6, 6.07) is 166. The summed E-state index contributed by atoms with van der Waals surface area (Å²) in [5, 5.41) is 0. The fourth-order valence-corrected chi connectivity index (χ4v) is 21.2. The lowest BCUT2D eigenvalue weighted by molar-refractivity contribution is 0.514. The van der Waals surface area contributed by atoms with Gasteiger partial charge in [-0.25, -0.2) is 0 Å². The topological polar surface area (TPSA) is 6.48 Å². The molecule has 2 spiro atoms. The predicted molar refractivity (Wildman–Crippen MR) is 492 cm³/mol. The second kappa shape index (κ2) is 27.9. The van der Waals surface area contributed by atoms with Crippen LogP contribution in [0.5, 0.6) is 0 Å². The van der Waals surface area contributed by atoms with E-state index in [0.717, 1.165) is 51.7 Å². The molecule has 2 nitrogen and oxygen atoms in total. The number of anilines is 6. The quantitative estimate of drug-likeness (QED) is 0.107. The molecule has 0 amide bonds. The molecule has 1 unspecified atom stereocenters. The number of hydrogen-bond donors (Lipinski definition) is 0. The molecule has 2 heteroatoms. The van der Waals surface area contributed by atoms with Crippen LogP contribution >= 0.6 is 0 Å². The molecule has 22 rings (SSSR count). The molecule has 0 radical (unpaired) electrons. The number of nitrogens with zero attached hydrogens (tertiary/aromatic N) is 2. The summed E-state index contributed by atoms with van der Waals surface area (Å²) in [6.45, 7) is 7.46. The van der Waals surface area contributed by atoms with Gasteiger partial charge in [0.05, 0.1) is 16.5 Å². The Morgan fingerprint density at radius 3 is 1.13 bits per heavy atom. The third-order valence-corrected chi connectivity index (χ3v) is 26.5. The van der Waals surface area contributed by atoms with E-state index in [9.17, 15) is 0 Å². The molecule has 1 atom stereocenters. The smallest absolute Gasteiger partial charge is 0.0719 e.